The Balaban J connectivity index is 3.05. The Morgan fingerprint density at radius 2 is 2.67 bits per heavy atom. The maximum Gasteiger partial charge on any atom is 0.179 e. The molecule has 0 aliphatic heterocycles. The largest absolute Gasteiger partial charge is 0.375 e. The van der Waals surface area contributed by atoms with E-state index >= 15 is 0 Å². The van der Waals surface area contributed by atoms with E-state index in [1.807, 2.05) is 5.38 Å². The summed E-state index contributed by atoms with van der Waals surface area (Å²) >= 11 is 1.44. The van der Waals surface area contributed by atoms with Crippen molar-refractivity contribution in [3.8, 4) is 0 Å². The van der Waals surface area contributed by atoms with E-state index in [2.05, 4.69) is 4.98 Å². The molecule has 0 radical (unpaired) electrons. The lowest BCUT2D eigenvalue weighted by atomic mass is 11.1. The van der Waals surface area contributed by atoms with Crippen LogP contribution in [0.15, 0.2) is 11.6 Å². The summed E-state index contributed by atoms with van der Waals surface area (Å²) in [6.07, 6.45) is 1.68. The zero-order chi connectivity index (χ0) is 4.41. The number of nitrogens with two attached hydrogens (primary N) is 1. The molecule has 0 amide bonds. The fourth-order valence-corrected chi connectivity index (χ4v) is 0.617. The lowest BCUT2D eigenvalue weighted by Gasteiger charge is -1.67. The summed E-state index contributed by atoms with van der Waals surface area (Å²) in [7, 11) is 0. The number of anilines is 1. The molecule has 0 aliphatic rings. The molecule has 2 N–H and O–H groups in total. The normalized spacial score (nSPS) is 8.67. The van der Waals surface area contributed by atoms with Crippen LogP contribution >= 0.6 is 11.3 Å². The number of nitrogen functional groups attached to an aromatic ring is 1. The Bertz CT molecular complexity index is 112. The van der Waals surface area contributed by atoms with Crippen LogP contribution in [0.5, 0.6) is 0 Å². The van der Waals surface area contributed by atoms with Crippen molar-refractivity contribution in [1.29, 1.82) is 0 Å². The number of hydrogen-bond acceptors (Lipinski definition) is 3. The third-order valence-corrected chi connectivity index (χ3v) is 1.06. The summed E-state index contributed by atoms with van der Waals surface area (Å²) in [6, 6.07) is 0. The molecule has 32 valence electrons. The van der Waals surface area contributed by atoms with Gasteiger partial charge in [-0.3, -0.25) is 0 Å². The van der Waals surface area contributed by atoms with Crippen molar-refractivity contribution in [3.63, 3.8) is 0 Å². The van der Waals surface area contributed by atoms with Gasteiger partial charge in [0.1, 0.15) is 0 Å². The van der Waals surface area contributed by atoms with Crippen molar-refractivity contribution in [1.82, 2.24) is 4.98 Å². The monoisotopic (exact) mass is 102 g/mol. The first-order chi connectivity index (χ1) is 2.89. The molecule has 3 heteroatoms. The zero-order valence-corrected chi connectivity index (χ0v) is 3.90. The van der Waals surface area contributed by atoms with Crippen molar-refractivity contribution in [3.05, 3.63) is 11.6 Å². The molecule has 6 heavy (non-hydrogen) atoms. The van der Waals surface area contributed by atoms with E-state index in [-0.39, 0.29) is 0 Å². The number of thiazole rings is 1. The molecule has 1 aromatic rings. The molecule has 2 nitrogen and oxygen atoms in total. The smallest absolute Gasteiger partial charge is 0.179 e. The van der Waals surface area contributed by atoms with Gasteiger partial charge < -0.3 is 5.73 Å². The van der Waals surface area contributed by atoms with E-state index in [1.54, 1.807) is 6.20 Å². The van der Waals surface area contributed by atoms with Crippen molar-refractivity contribution in [2.45, 2.75) is 0 Å². The molecule has 0 aromatic carbocycles. The fraction of sp³-hybridized carbons (Fsp3) is 0. The highest BCUT2D eigenvalue weighted by Crippen LogP contribution is 2.02. The second-order valence-electron chi connectivity index (χ2n) is 0.870. The van der Waals surface area contributed by atoms with Gasteiger partial charge in [-0.2, -0.15) is 0 Å². The van der Waals surface area contributed by atoms with Crippen LogP contribution in [-0.4, -0.2) is 4.98 Å². The van der Waals surface area contributed by atoms with Crippen LogP contribution in [0.2, 0.25) is 0 Å². The van der Waals surface area contributed by atoms with E-state index in [1.165, 1.54) is 11.3 Å². The minimum Gasteiger partial charge on any atom is -0.375 e. The van der Waals surface area contributed by atoms with Crippen LogP contribution in [0.4, 0.5) is 5.13 Å². The van der Waals surface area contributed by atoms with Crippen molar-refractivity contribution in [2.75, 3.05) is 5.73 Å². The summed E-state index contributed by atoms with van der Waals surface area (Å²) in [5, 5.41) is 2.48. The van der Waals surface area contributed by atoms with Crippen molar-refractivity contribution in [2.24, 2.45) is 0 Å². The lowest BCUT2D eigenvalue weighted by molar-refractivity contribution is 1.43. The number of aromatic nitrogens is 1. The van der Waals surface area contributed by atoms with Gasteiger partial charge in [-0.25, -0.2) is 4.98 Å². The third kappa shape index (κ3) is 0.490. The Hall–Kier alpha value is -0.570. The fourth-order valence-electron chi connectivity index (χ4n) is 0.234. The second kappa shape index (κ2) is 1.26. The van der Waals surface area contributed by atoms with Crippen LogP contribution in [-0.2, 0) is 0 Å². The highest BCUT2D eigenvalue weighted by molar-refractivity contribution is 7.13. The molecule has 1 aromatic heterocycles. The van der Waals surface area contributed by atoms with Gasteiger partial charge in [0.2, 0.25) is 0 Å². The van der Waals surface area contributed by atoms with Crippen LogP contribution in [0, 0.1) is 0 Å². The van der Waals surface area contributed by atoms with E-state index in [0.29, 0.717) is 5.13 Å². The molecule has 0 saturated carbocycles. The quantitative estimate of drug-likeness (QED) is 0.524. The Kier molecular flexibility index (Phi) is 0.759. The highest BCUT2D eigenvalue weighted by atomic mass is 32.1. The van der Waals surface area contributed by atoms with E-state index in [0.717, 1.165) is 0 Å². The van der Waals surface area contributed by atoms with Gasteiger partial charge in [0.15, 0.2) is 5.13 Å². The van der Waals surface area contributed by atoms with E-state index < -0.39 is 0 Å². The Labute approximate surface area is 39.6 Å². The first-order valence-corrected chi connectivity index (χ1v) is 2.42. The molecule has 0 saturated heterocycles. The predicted molar refractivity (Wildman–Crippen MR) is 26.5 cm³/mol. The van der Waals surface area contributed by atoms with Crippen LogP contribution in [0.3, 0.4) is 0 Å². The Morgan fingerprint density at radius 3 is 2.83 bits per heavy atom. The first-order valence-electron chi connectivity index (χ1n) is 1.54. The standard InChI is InChI=1S/C3H4N2S/c4-3-5-1-2-6-3/h1-2H,(H2,4,5)/i3+2. The second-order valence-corrected chi connectivity index (χ2v) is 1.80. The number of rotatable bonds is 0. The summed E-state index contributed by atoms with van der Waals surface area (Å²) < 4.78 is 0. The van der Waals surface area contributed by atoms with Gasteiger partial charge in [-0.1, -0.05) is 0 Å². The molecule has 0 fully saturated rings. The molecule has 0 unspecified atom stereocenters. The summed E-state index contributed by atoms with van der Waals surface area (Å²) in [6.45, 7) is 0. The minimum absolute atomic E-state index is 0.634. The highest BCUT2D eigenvalue weighted by Gasteiger charge is 1.76. The average Bonchev–Trinajstić information content (AvgIpc) is 1.86. The molecule has 1 rings (SSSR count). The number of hydrogen-bond donors (Lipinski definition) is 1. The van der Waals surface area contributed by atoms with Crippen molar-refractivity contribution < 1.29 is 0 Å². The topological polar surface area (TPSA) is 38.9 Å². The van der Waals surface area contributed by atoms with Gasteiger partial charge in [-0.15, -0.1) is 11.3 Å². The SMILES string of the molecule is N[14c]1nccs1. The molecular weight excluding hydrogens is 98.1 g/mol. The van der Waals surface area contributed by atoms with Gasteiger partial charge in [0.25, 0.3) is 0 Å². The van der Waals surface area contributed by atoms with Gasteiger partial charge in [0, 0.05) is 11.6 Å². The maximum atomic E-state index is 5.19. The van der Waals surface area contributed by atoms with Gasteiger partial charge >= 0.3 is 0 Å². The molecule has 0 spiro atoms. The lowest BCUT2D eigenvalue weighted by Crippen LogP contribution is -1.77. The molecular formula is C3H4N2S. The summed E-state index contributed by atoms with van der Waals surface area (Å²) in [5.74, 6) is 0. The van der Waals surface area contributed by atoms with Crippen LogP contribution in [0.25, 0.3) is 0 Å². The van der Waals surface area contributed by atoms with Gasteiger partial charge in [0.05, 0.1) is 0 Å². The predicted octanol–water partition coefficient (Wildman–Crippen LogP) is 0.725. The van der Waals surface area contributed by atoms with Crippen LogP contribution in [0.1, 0.15) is 0 Å². The molecule has 0 bridgehead atoms. The zero-order valence-electron chi connectivity index (χ0n) is 3.09. The summed E-state index contributed by atoms with van der Waals surface area (Å²) in [5.41, 5.74) is 5.19. The molecule has 0 aliphatic carbocycles. The van der Waals surface area contributed by atoms with Gasteiger partial charge in [-0.05, 0) is 0 Å². The molecule has 1 heterocycles. The minimum atomic E-state index is 0.634. The Morgan fingerprint density at radius 1 is 1.83 bits per heavy atom. The first kappa shape index (κ1) is 3.61. The number of nitrogens with zero attached hydrogens (tertiary/aromatic N) is 1. The van der Waals surface area contributed by atoms with E-state index in [4.69, 9.17) is 5.73 Å². The maximum absolute atomic E-state index is 5.19. The van der Waals surface area contributed by atoms with Crippen molar-refractivity contribution >= 4 is 16.5 Å². The van der Waals surface area contributed by atoms with E-state index in [9.17, 15) is 0 Å². The van der Waals surface area contributed by atoms with Crippen LogP contribution < -0.4 is 5.73 Å². The summed E-state index contributed by atoms with van der Waals surface area (Å²) in [4.78, 5) is 3.71. The molecule has 0 atom stereocenters. The third-order valence-electron chi connectivity index (χ3n) is 0.451. The average molecular weight is 102 g/mol.